The van der Waals surface area contributed by atoms with Crippen molar-refractivity contribution in [3.05, 3.63) is 54.9 Å². The van der Waals surface area contributed by atoms with Crippen molar-refractivity contribution in [2.75, 3.05) is 13.1 Å². The fraction of sp³-hybridized carbons (Fsp3) is 0.235. The van der Waals surface area contributed by atoms with Gasteiger partial charge in [-0.1, -0.05) is 0 Å². The maximum absolute atomic E-state index is 12.6. The van der Waals surface area contributed by atoms with Crippen LogP contribution >= 0.6 is 22.7 Å². The molecule has 1 N–H and O–H groups in total. The van der Waals surface area contributed by atoms with Gasteiger partial charge in [0, 0.05) is 43.7 Å². The normalized spacial score (nSPS) is 19.6. The van der Waals surface area contributed by atoms with Crippen LogP contribution in [0.1, 0.15) is 19.5 Å². The average molecular weight is 315 g/mol. The highest BCUT2D eigenvalue weighted by Crippen LogP contribution is 2.23. The molecular formula is C17H17NOS2. The lowest BCUT2D eigenvalue weighted by atomic mass is 9.98. The molecule has 0 atom stereocenters. The van der Waals surface area contributed by atoms with Crippen molar-refractivity contribution in [3.63, 3.8) is 0 Å². The first kappa shape index (κ1) is 14.4. The van der Waals surface area contributed by atoms with Crippen LogP contribution < -0.4 is 5.32 Å². The van der Waals surface area contributed by atoms with E-state index in [1.807, 2.05) is 12.2 Å². The fourth-order valence-electron chi connectivity index (χ4n) is 2.34. The van der Waals surface area contributed by atoms with Gasteiger partial charge in [-0.05, 0) is 50.3 Å². The summed E-state index contributed by atoms with van der Waals surface area (Å²) in [6.45, 7) is 5.46. The Kier molecular flexibility index (Phi) is 4.19. The van der Waals surface area contributed by atoms with Crippen LogP contribution in [-0.4, -0.2) is 18.9 Å². The third-order valence-electron chi connectivity index (χ3n) is 3.37. The third kappa shape index (κ3) is 3.40. The summed E-state index contributed by atoms with van der Waals surface area (Å²) in [6.07, 6.45) is 4.03. The van der Waals surface area contributed by atoms with Crippen molar-refractivity contribution >= 4 is 40.6 Å². The summed E-state index contributed by atoms with van der Waals surface area (Å²) in [4.78, 5) is 17.4. The summed E-state index contributed by atoms with van der Waals surface area (Å²) in [7, 11) is 0. The molecule has 0 bridgehead atoms. The summed E-state index contributed by atoms with van der Waals surface area (Å²) in [6, 6.07) is 8.31. The predicted octanol–water partition coefficient (Wildman–Crippen LogP) is 4.07. The largest absolute Gasteiger partial charge is 0.308 e. The highest BCUT2D eigenvalue weighted by atomic mass is 32.1. The molecule has 2 nitrogen and oxygen atoms in total. The van der Waals surface area contributed by atoms with Crippen molar-refractivity contribution in [1.29, 1.82) is 0 Å². The lowest BCUT2D eigenvalue weighted by Gasteiger charge is -2.17. The van der Waals surface area contributed by atoms with Gasteiger partial charge in [0.15, 0.2) is 5.78 Å². The topological polar surface area (TPSA) is 29.1 Å². The van der Waals surface area contributed by atoms with E-state index in [4.69, 9.17) is 0 Å². The van der Waals surface area contributed by atoms with Gasteiger partial charge in [-0.25, -0.2) is 0 Å². The van der Waals surface area contributed by atoms with Crippen molar-refractivity contribution in [2.45, 2.75) is 13.8 Å². The molecule has 0 aromatic carbocycles. The van der Waals surface area contributed by atoms with Crippen LogP contribution in [0, 0.1) is 13.8 Å². The van der Waals surface area contributed by atoms with Gasteiger partial charge in [0.25, 0.3) is 0 Å². The zero-order valence-electron chi connectivity index (χ0n) is 12.1. The highest BCUT2D eigenvalue weighted by Gasteiger charge is 2.20. The smallest absolute Gasteiger partial charge is 0.187 e. The van der Waals surface area contributed by atoms with Crippen molar-refractivity contribution < 1.29 is 4.79 Å². The second-order valence-electron chi connectivity index (χ2n) is 5.17. The minimum Gasteiger partial charge on any atom is -0.308 e. The molecule has 1 saturated heterocycles. The summed E-state index contributed by atoms with van der Waals surface area (Å²) in [5.41, 5.74) is 1.70. The zero-order chi connectivity index (χ0) is 14.8. The maximum Gasteiger partial charge on any atom is 0.187 e. The van der Waals surface area contributed by atoms with Crippen LogP contribution in [0.5, 0.6) is 0 Å². The molecular weight excluding hydrogens is 298 g/mol. The standard InChI is InChI=1S/C17H17NOS2/c1-11-3-5-15(20-11)7-13-9-18-10-14(17(13)19)8-16-6-4-12(2)21-16/h3-8,18H,9-10H2,1-2H3/b13-7+,14-8+. The number of rotatable bonds is 2. The van der Waals surface area contributed by atoms with E-state index in [1.165, 1.54) is 9.75 Å². The van der Waals surface area contributed by atoms with Crippen LogP contribution in [0.3, 0.4) is 0 Å². The number of nitrogens with one attached hydrogen (secondary N) is 1. The molecule has 3 rings (SSSR count). The van der Waals surface area contributed by atoms with Crippen molar-refractivity contribution in [1.82, 2.24) is 5.32 Å². The molecule has 0 aliphatic carbocycles. The lowest BCUT2D eigenvalue weighted by molar-refractivity contribution is -0.112. The number of hydrogen-bond acceptors (Lipinski definition) is 4. The van der Waals surface area contributed by atoms with E-state index in [-0.39, 0.29) is 5.78 Å². The highest BCUT2D eigenvalue weighted by molar-refractivity contribution is 7.13. The van der Waals surface area contributed by atoms with Gasteiger partial charge >= 0.3 is 0 Å². The lowest BCUT2D eigenvalue weighted by Crippen LogP contribution is -2.32. The molecule has 0 spiro atoms. The Hall–Kier alpha value is -1.49. The number of ketones is 1. The first-order valence-electron chi connectivity index (χ1n) is 6.91. The number of thiophene rings is 2. The van der Waals surface area contributed by atoms with Gasteiger partial charge in [0.1, 0.15) is 0 Å². The molecule has 21 heavy (non-hydrogen) atoms. The molecule has 3 heterocycles. The van der Waals surface area contributed by atoms with Gasteiger partial charge in [-0.2, -0.15) is 0 Å². The predicted molar refractivity (Wildman–Crippen MR) is 91.9 cm³/mol. The van der Waals surface area contributed by atoms with E-state index >= 15 is 0 Å². The molecule has 1 aliphatic heterocycles. The van der Waals surface area contributed by atoms with Crippen LogP contribution in [0.25, 0.3) is 12.2 Å². The molecule has 0 saturated carbocycles. The average Bonchev–Trinajstić information content (AvgIpc) is 3.03. The Morgan fingerprint density at radius 1 is 0.905 bits per heavy atom. The number of carbonyl (C=O) groups is 1. The summed E-state index contributed by atoms with van der Waals surface area (Å²) >= 11 is 3.44. The van der Waals surface area contributed by atoms with Crippen LogP contribution in [-0.2, 0) is 4.79 Å². The van der Waals surface area contributed by atoms with E-state index in [0.717, 1.165) is 20.9 Å². The number of hydrogen-bond donors (Lipinski definition) is 1. The third-order valence-corrected chi connectivity index (χ3v) is 5.26. The van der Waals surface area contributed by atoms with Crippen LogP contribution in [0.15, 0.2) is 35.4 Å². The molecule has 2 aromatic heterocycles. The first-order chi connectivity index (χ1) is 10.1. The molecule has 0 unspecified atom stereocenters. The number of carbonyl (C=O) groups excluding carboxylic acids is 1. The molecule has 108 valence electrons. The second kappa shape index (κ2) is 6.10. The van der Waals surface area contributed by atoms with E-state index in [2.05, 4.69) is 43.4 Å². The van der Waals surface area contributed by atoms with Gasteiger partial charge in [-0.3, -0.25) is 4.79 Å². The molecule has 0 amide bonds. The number of Topliss-reactive ketones (excluding diaryl/α,β-unsaturated/α-hetero) is 1. The molecule has 1 fully saturated rings. The quantitative estimate of drug-likeness (QED) is 0.847. The Balaban J connectivity index is 1.87. The number of piperidine rings is 1. The maximum atomic E-state index is 12.6. The Bertz CT molecular complexity index is 673. The SMILES string of the molecule is Cc1ccc(/C=C2\CNC/C(=C\c3ccc(C)s3)C2=O)s1. The fourth-order valence-corrected chi connectivity index (χ4v) is 4.03. The van der Waals surface area contributed by atoms with Gasteiger partial charge in [-0.15, -0.1) is 22.7 Å². The van der Waals surface area contributed by atoms with Gasteiger partial charge in [0.05, 0.1) is 0 Å². The second-order valence-corrected chi connectivity index (χ2v) is 7.81. The van der Waals surface area contributed by atoms with E-state index in [0.29, 0.717) is 13.1 Å². The Morgan fingerprint density at radius 2 is 1.38 bits per heavy atom. The van der Waals surface area contributed by atoms with Crippen LogP contribution in [0.4, 0.5) is 0 Å². The minimum atomic E-state index is 0.172. The van der Waals surface area contributed by atoms with Crippen molar-refractivity contribution in [2.24, 2.45) is 0 Å². The van der Waals surface area contributed by atoms with E-state index in [1.54, 1.807) is 22.7 Å². The minimum absolute atomic E-state index is 0.172. The Labute approximate surface area is 132 Å². The Morgan fingerprint density at radius 3 is 1.76 bits per heavy atom. The zero-order valence-corrected chi connectivity index (χ0v) is 13.7. The van der Waals surface area contributed by atoms with Gasteiger partial charge in [0.2, 0.25) is 0 Å². The van der Waals surface area contributed by atoms with E-state index in [9.17, 15) is 4.79 Å². The monoisotopic (exact) mass is 315 g/mol. The summed E-state index contributed by atoms with van der Waals surface area (Å²) < 4.78 is 0. The first-order valence-corrected chi connectivity index (χ1v) is 8.54. The van der Waals surface area contributed by atoms with Crippen LogP contribution in [0.2, 0.25) is 0 Å². The number of aryl methyl sites for hydroxylation is 2. The summed E-state index contributed by atoms with van der Waals surface area (Å²) in [5, 5.41) is 3.32. The molecule has 2 aromatic rings. The molecule has 1 aliphatic rings. The molecule has 4 heteroatoms. The molecule has 0 radical (unpaired) electrons. The van der Waals surface area contributed by atoms with Gasteiger partial charge < -0.3 is 5.32 Å². The van der Waals surface area contributed by atoms with E-state index < -0.39 is 0 Å². The van der Waals surface area contributed by atoms with Crippen molar-refractivity contribution in [3.8, 4) is 0 Å². The summed E-state index contributed by atoms with van der Waals surface area (Å²) in [5.74, 6) is 0.172.